The minimum Gasteiger partial charge on any atom is -0.493 e. The maximum atomic E-state index is 9.10. The lowest BCUT2D eigenvalue weighted by Crippen LogP contribution is -2.33. The molecular weight excluding hydrogens is 266 g/mol. The van der Waals surface area contributed by atoms with Crippen molar-refractivity contribution in [2.75, 3.05) is 19.0 Å². The number of nitrogens with one attached hydrogen (secondary N) is 1. The summed E-state index contributed by atoms with van der Waals surface area (Å²) in [6.07, 6.45) is 2.47. The molecule has 1 aromatic heterocycles. The first-order valence-electron chi connectivity index (χ1n) is 6.72. The molecule has 2 aromatic rings. The van der Waals surface area contributed by atoms with Gasteiger partial charge in [-0.25, -0.2) is 4.98 Å². The molecule has 1 N–H and O–H groups in total. The van der Waals surface area contributed by atoms with Crippen molar-refractivity contribution in [2.45, 2.75) is 12.5 Å². The number of para-hydroxylation sites is 1. The molecular formula is C16H15N3O2. The van der Waals surface area contributed by atoms with E-state index in [0.717, 1.165) is 23.5 Å². The number of nitrogens with zero attached hydrogens (tertiary/aromatic N) is 2. The average Bonchev–Trinajstić information content (AvgIpc) is 2.54. The first kappa shape index (κ1) is 13.3. The average molecular weight is 281 g/mol. The highest BCUT2D eigenvalue weighted by atomic mass is 16.5. The van der Waals surface area contributed by atoms with Crippen molar-refractivity contribution in [3.8, 4) is 17.6 Å². The highest BCUT2D eigenvalue weighted by Crippen LogP contribution is 2.35. The number of hydrogen-bond donors (Lipinski definition) is 1. The molecule has 5 nitrogen and oxygen atoms in total. The van der Waals surface area contributed by atoms with Crippen LogP contribution in [0.15, 0.2) is 36.5 Å². The summed E-state index contributed by atoms with van der Waals surface area (Å²) >= 11 is 0. The summed E-state index contributed by atoms with van der Waals surface area (Å²) in [5.74, 6) is 2.15. The second kappa shape index (κ2) is 5.71. The van der Waals surface area contributed by atoms with Crippen LogP contribution in [0.5, 0.6) is 11.5 Å². The Morgan fingerprint density at radius 3 is 3.10 bits per heavy atom. The molecule has 0 radical (unpaired) electrons. The number of nitriles is 1. The number of pyridine rings is 1. The van der Waals surface area contributed by atoms with Crippen LogP contribution in [0.1, 0.15) is 11.1 Å². The normalized spacial score (nSPS) is 16.3. The van der Waals surface area contributed by atoms with Crippen LogP contribution in [0.4, 0.5) is 5.82 Å². The molecule has 3 rings (SSSR count). The molecule has 5 heteroatoms. The van der Waals surface area contributed by atoms with Gasteiger partial charge in [0.25, 0.3) is 0 Å². The molecule has 0 aliphatic carbocycles. The number of ether oxygens (including phenoxy) is 2. The van der Waals surface area contributed by atoms with Gasteiger partial charge >= 0.3 is 0 Å². The topological polar surface area (TPSA) is 67.2 Å². The van der Waals surface area contributed by atoms with Crippen LogP contribution in [0.3, 0.4) is 0 Å². The van der Waals surface area contributed by atoms with Crippen molar-refractivity contribution in [3.63, 3.8) is 0 Å². The summed E-state index contributed by atoms with van der Waals surface area (Å²) in [5.41, 5.74) is 1.63. The highest BCUT2D eigenvalue weighted by molar-refractivity contribution is 5.53. The molecule has 0 fully saturated rings. The molecule has 2 heterocycles. The molecule has 1 atom stereocenters. The third kappa shape index (κ3) is 2.61. The van der Waals surface area contributed by atoms with E-state index in [1.165, 1.54) is 0 Å². The lowest BCUT2D eigenvalue weighted by molar-refractivity contribution is 0.256. The van der Waals surface area contributed by atoms with Crippen molar-refractivity contribution in [1.82, 2.24) is 4.98 Å². The van der Waals surface area contributed by atoms with E-state index in [-0.39, 0.29) is 6.04 Å². The van der Waals surface area contributed by atoms with E-state index in [2.05, 4.69) is 16.4 Å². The van der Waals surface area contributed by atoms with Crippen molar-refractivity contribution in [3.05, 3.63) is 47.7 Å². The Labute approximate surface area is 123 Å². The SMILES string of the molecule is COc1cccc2c1OCC(Nc1ncccc1C#N)C2. The van der Waals surface area contributed by atoms with E-state index in [1.807, 2.05) is 18.2 Å². The van der Waals surface area contributed by atoms with Gasteiger partial charge in [-0.1, -0.05) is 12.1 Å². The summed E-state index contributed by atoms with van der Waals surface area (Å²) in [6, 6.07) is 11.6. The molecule has 21 heavy (non-hydrogen) atoms. The van der Waals surface area contributed by atoms with E-state index in [4.69, 9.17) is 14.7 Å². The zero-order valence-corrected chi connectivity index (χ0v) is 11.7. The van der Waals surface area contributed by atoms with Gasteiger partial charge in [-0.3, -0.25) is 0 Å². The van der Waals surface area contributed by atoms with Crippen molar-refractivity contribution in [1.29, 1.82) is 5.26 Å². The summed E-state index contributed by atoms with van der Waals surface area (Å²) < 4.78 is 11.1. The Kier molecular flexibility index (Phi) is 3.61. The van der Waals surface area contributed by atoms with Gasteiger partial charge in [0.1, 0.15) is 18.5 Å². The number of fused-ring (bicyclic) bond motifs is 1. The molecule has 0 bridgehead atoms. The molecule has 1 aromatic carbocycles. The number of benzene rings is 1. The Morgan fingerprint density at radius 1 is 1.38 bits per heavy atom. The monoisotopic (exact) mass is 281 g/mol. The van der Waals surface area contributed by atoms with E-state index in [0.29, 0.717) is 18.0 Å². The second-order valence-corrected chi connectivity index (χ2v) is 4.82. The summed E-state index contributed by atoms with van der Waals surface area (Å²) in [5, 5.41) is 12.4. The van der Waals surface area contributed by atoms with Crippen LogP contribution in [0.2, 0.25) is 0 Å². The van der Waals surface area contributed by atoms with Gasteiger partial charge in [0.15, 0.2) is 11.5 Å². The van der Waals surface area contributed by atoms with Crippen molar-refractivity contribution < 1.29 is 9.47 Å². The summed E-state index contributed by atoms with van der Waals surface area (Å²) in [4.78, 5) is 4.22. The zero-order valence-electron chi connectivity index (χ0n) is 11.7. The maximum absolute atomic E-state index is 9.10. The smallest absolute Gasteiger partial charge is 0.164 e. The summed E-state index contributed by atoms with van der Waals surface area (Å²) in [7, 11) is 1.64. The molecule has 1 aliphatic heterocycles. The lowest BCUT2D eigenvalue weighted by Gasteiger charge is -2.27. The molecule has 0 saturated carbocycles. The third-order valence-electron chi connectivity index (χ3n) is 3.44. The molecule has 106 valence electrons. The van der Waals surface area contributed by atoms with Crippen LogP contribution < -0.4 is 14.8 Å². The van der Waals surface area contributed by atoms with Crippen molar-refractivity contribution in [2.24, 2.45) is 0 Å². The second-order valence-electron chi connectivity index (χ2n) is 4.82. The van der Waals surface area contributed by atoms with Gasteiger partial charge in [0.2, 0.25) is 0 Å². The fourth-order valence-corrected chi connectivity index (χ4v) is 2.45. The molecule has 0 amide bonds. The first-order valence-corrected chi connectivity index (χ1v) is 6.72. The Hall–Kier alpha value is -2.74. The Balaban J connectivity index is 1.80. The number of anilines is 1. The minimum absolute atomic E-state index is 0.0756. The molecule has 0 saturated heterocycles. The van der Waals surface area contributed by atoms with Crippen LogP contribution in [-0.2, 0) is 6.42 Å². The predicted molar refractivity (Wildman–Crippen MR) is 78.6 cm³/mol. The maximum Gasteiger partial charge on any atom is 0.164 e. The van der Waals surface area contributed by atoms with Gasteiger partial charge in [0.05, 0.1) is 18.7 Å². The van der Waals surface area contributed by atoms with E-state index in [9.17, 15) is 0 Å². The number of aromatic nitrogens is 1. The highest BCUT2D eigenvalue weighted by Gasteiger charge is 2.23. The fraction of sp³-hybridized carbons (Fsp3) is 0.250. The van der Waals surface area contributed by atoms with Gasteiger partial charge in [-0.2, -0.15) is 5.26 Å². The van der Waals surface area contributed by atoms with Gasteiger partial charge in [-0.05, 0) is 24.6 Å². The standard InChI is InChI=1S/C16H15N3O2/c1-20-14-6-2-4-11-8-13(10-21-15(11)14)19-16-12(9-17)5-3-7-18-16/h2-7,13H,8,10H2,1H3,(H,18,19). The van der Waals surface area contributed by atoms with Crippen LogP contribution in [-0.4, -0.2) is 24.7 Å². The predicted octanol–water partition coefficient (Wildman–Crippen LogP) is 2.38. The van der Waals surface area contributed by atoms with E-state index in [1.54, 1.807) is 25.4 Å². The molecule has 0 spiro atoms. The number of methoxy groups -OCH3 is 1. The minimum atomic E-state index is 0.0756. The Bertz CT molecular complexity index is 694. The number of rotatable bonds is 3. The van der Waals surface area contributed by atoms with Crippen LogP contribution in [0, 0.1) is 11.3 Å². The fourth-order valence-electron chi connectivity index (χ4n) is 2.45. The first-order chi connectivity index (χ1) is 10.3. The lowest BCUT2D eigenvalue weighted by atomic mass is 10.0. The largest absolute Gasteiger partial charge is 0.493 e. The number of hydrogen-bond acceptors (Lipinski definition) is 5. The van der Waals surface area contributed by atoms with E-state index >= 15 is 0 Å². The van der Waals surface area contributed by atoms with Gasteiger partial charge < -0.3 is 14.8 Å². The van der Waals surface area contributed by atoms with Crippen LogP contribution >= 0.6 is 0 Å². The van der Waals surface area contributed by atoms with Crippen molar-refractivity contribution >= 4 is 5.82 Å². The Morgan fingerprint density at radius 2 is 2.29 bits per heavy atom. The van der Waals surface area contributed by atoms with E-state index < -0.39 is 0 Å². The summed E-state index contributed by atoms with van der Waals surface area (Å²) in [6.45, 7) is 0.509. The quantitative estimate of drug-likeness (QED) is 0.935. The molecule has 1 unspecified atom stereocenters. The van der Waals surface area contributed by atoms with Gasteiger partial charge in [0, 0.05) is 11.8 Å². The van der Waals surface area contributed by atoms with Crippen LogP contribution in [0.25, 0.3) is 0 Å². The third-order valence-corrected chi connectivity index (χ3v) is 3.44. The zero-order chi connectivity index (χ0) is 14.7. The molecule has 1 aliphatic rings. The van der Waals surface area contributed by atoms with Gasteiger partial charge in [-0.15, -0.1) is 0 Å².